The number of thiophene rings is 1. The Bertz CT molecular complexity index is 751. The van der Waals surface area contributed by atoms with Crippen molar-refractivity contribution >= 4 is 38.6 Å². The van der Waals surface area contributed by atoms with Crippen molar-refractivity contribution < 1.29 is 4.52 Å². The molecule has 0 saturated carbocycles. The first-order valence-electron chi connectivity index (χ1n) is 6.81. The lowest BCUT2D eigenvalue weighted by Gasteiger charge is -2.04. The minimum atomic E-state index is 0.327. The van der Waals surface area contributed by atoms with E-state index >= 15 is 0 Å². The zero-order valence-corrected chi connectivity index (χ0v) is 15.4. The molecule has 3 rings (SSSR count). The average Bonchev–Trinajstić information content (AvgIpc) is 3.21. The van der Waals surface area contributed by atoms with Crippen LogP contribution in [0.2, 0.25) is 0 Å². The maximum Gasteiger partial charge on any atom is 0.232 e. The third-order valence-electron chi connectivity index (χ3n) is 3.15. The van der Waals surface area contributed by atoms with Crippen LogP contribution in [0, 0.1) is 0 Å². The maximum atomic E-state index is 5.30. The second-order valence-electron chi connectivity index (χ2n) is 4.95. The van der Waals surface area contributed by atoms with Crippen molar-refractivity contribution in [2.45, 2.75) is 25.8 Å². The highest BCUT2D eigenvalue weighted by Crippen LogP contribution is 2.32. The van der Waals surface area contributed by atoms with Crippen LogP contribution in [0.5, 0.6) is 0 Å². The van der Waals surface area contributed by atoms with E-state index in [-0.39, 0.29) is 0 Å². The first kappa shape index (κ1) is 15.8. The zero-order valence-electron chi connectivity index (χ0n) is 12.2. The molecule has 5 nitrogen and oxygen atoms in total. The lowest BCUT2D eigenvalue weighted by Crippen LogP contribution is -2.24. The fourth-order valence-electron chi connectivity index (χ4n) is 1.90. The summed E-state index contributed by atoms with van der Waals surface area (Å²) in [6.07, 6.45) is 1.33. The van der Waals surface area contributed by atoms with Gasteiger partial charge in [-0.2, -0.15) is 4.98 Å². The molecule has 3 aromatic rings. The first-order chi connectivity index (χ1) is 10.6. The summed E-state index contributed by atoms with van der Waals surface area (Å²) in [5, 5.41) is 12.3. The molecule has 0 radical (unpaired) electrons. The molecular weight excluding hydrogens is 384 g/mol. The molecule has 0 saturated heterocycles. The Kier molecular flexibility index (Phi) is 5.02. The van der Waals surface area contributed by atoms with Gasteiger partial charge in [-0.15, -0.1) is 22.7 Å². The zero-order chi connectivity index (χ0) is 15.5. The molecule has 0 amide bonds. The van der Waals surface area contributed by atoms with Crippen molar-refractivity contribution in [2.75, 3.05) is 7.05 Å². The van der Waals surface area contributed by atoms with Crippen LogP contribution in [0.4, 0.5) is 0 Å². The Labute approximate surface area is 144 Å². The van der Waals surface area contributed by atoms with Crippen molar-refractivity contribution in [3.05, 3.63) is 38.7 Å². The molecule has 0 bridgehead atoms. The summed E-state index contributed by atoms with van der Waals surface area (Å²) in [7, 11) is 1.92. The molecule has 0 aliphatic heterocycles. The number of aromatic nitrogens is 3. The van der Waals surface area contributed by atoms with Crippen molar-refractivity contribution in [1.29, 1.82) is 0 Å². The van der Waals surface area contributed by atoms with Crippen LogP contribution in [-0.4, -0.2) is 28.2 Å². The van der Waals surface area contributed by atoms with E-state index in [1.807, 2.05) is 12.4 Å². The van der Waals surface area contributed by atoms with E-state index in [1.165, 1.54) is 0 Å². The van der Waals surface area contributed by atoms with Gasteiger partial charge in [-0.05, 0) is 36.0 Å². The van der Waals surface area contributed by atoms with Gasteiger partial charge in [0.25, 0.3) is 0 Å². The summed E-state index contributed by atoms with van der Waals surface area (Å²) in [6, 6.07) is 2.41. The fraction of sp³-hybridized carbons (Fsp3) is 0.357. The number of nitrogens with zero attached hydrogens (tertiary/aromatic N) is 3. The van der Waals surface area contributed by atoms with E-state index in [0.717, 1.165) is 32.3 Å². The van der Waals surface area contributed by atoms with Crippen LogP contribution in [-0.2, 0) is 12.8 Å². The third kappa shape index (κ3) is 3.81. The van der Waals surface area contributed by atoms with E-state index in [9.17, 15) is 0 Å². The smallest absolute Gasteiger partial charge is 0.232 e. The molecule has 0 fully saturated rings. The normalized spacial score (nSPS) is 12.7. The van der Waals surface area contributed by atoms with Gasteiger partial charge in [0, 0.05) is 27.7 Å². The number of nitrogens with one attached hydrogen (secondary N) is 1. The molecule has 116 valence electrons. The van der Waals surface area contributed by atoms with Crippen LogP contribution < -0.4 is 5.32 Å². The standard InChI is InChI=1S/C14H15BrN4OS2/c1-8(16-2)3-12-18-13(20-19-12)5-10-7-22-14(17-10)11-4-9(15)6-21-11/h4,6-8,16H,3,5H2,1-2H3. The Morgan fingerprint density at radius 3 is 2.91 bits per heavy atom. The second-order valence-corrected chi connectivity index (χ2v) is 7.63. The van der Waals surface area contributed by atoms with Gasteiger partial charge >= 0.3 is 0 Å². The van der Waals surface area contributed by atoms with E-state index in [4.69, 9.17) is 4.52 Å². The largest absolute Gasteiger partial charge is 0.339 e. The van der Waals surface area contributed by atoms with Crippen LogP contribution in [0.15, 0.2) is 25.8 Å². The Morgan fingerprint density at radius 1 is 1.32 bits per heavy atom. The van der Waals surface area contributed by atoms with Gasteiger partial charge in [0.15, 0.2) is 5.82 Å². The van der Waals surface area contributed by atoms with E-state index < -0.39 is 0 Å². The van der Waals surface area contributed by atoms with Crippen LogP contribution >= 0.6 is 38.6 Å². The predicted molar refractivity (Wildman–Crippen MR) is 92.5 cm³/mol. The first-order valence-corrected chi connectivity index (χ1v) is 9.37. The Balaban J connectivity index is 1.67. The summed E-state index contributed by atoms with van der Waals surface area (Å²) in [5.74, 6) is 1.34. The van der Waals surface area contributed by atoms with E-state index in [0.29, 0.717) is 18.4 Å². The highest BCUT2D eigenvalue weighted by atomic mass is 79.9. The van der Waals surface area contributed by atoms with E-state index in [2.05, 4.69) is 54.7 Å². The highest BCUT2D eigenvalue weighted by Gasteiger charge is 2.13. The maximum absolute atomic E-state index is 5.30. The molecule has 1 atom stereocenters. The Morgan fingerprint density at radius 2 is 2.18 bits per heavy atom. The molecular formula is C14H15BrN4OS2. The predicted octanol–water partition coefficient (Wildman–Crippen LogP) is 3.76. The number of hydrogen-bond acceptors (Lipinski definition) is 7. The number of halogens is 1. The highest BCUT2D eigenvalue weighted by molar-refractivity contribution is 9.10. The third-order valence-corrected chi connectivity index (χ3v) is 5.91. The van der Waals surface area contributed by atoms with Crippen LogP contribution in [0.25, 0.3) is 9.88 Å². The second kappa shape index (κ2) is 6.99. The molecule has 0 aromatic carbocycles. The number of likely N-dealkylation sites (N-methyl/N-ethyl adjacent to an activating group) is 1. The molecule has 22 heavy (non-hydrogen) atoms. The van der Waals surface area contributed by atoms with Crippen molar-refractivity contribution in [1.82, 2.24) is 20.4 Å². The SMILES string of the molecule is CNC(C)Cc1noc(Cc2csc(-c3cc(Br)cs3)n2)n1. The molecule has 1 unspecified atom stereocenters. The van der Waals surface area contributed by atoms with Gasteiger partial charge in [0.2, 0.25) is 5.89 Å². The van der Waals surface area contributed by atoms with Gasteiger partial charge < -0.3 is 9.84 Å². The van der Waals surface area contributed by atoms with Crippen molar-refractivity contribution in [3.63, 3.8) is 0 Å². The number of thiazole rings is 1. The minimum Gasteiger partial charge on any atom is -0.339 e. The summed E-state index contributed by atoms with van der Waals surface area (Å²) >= 11 is 6.78. The fourth-order valence-corrected chi connectivity index (χ4v) is 4.23. The minimum absolute atomic E-state index is 0.327. The van der Waals surface area contributed by atoms with Crippen LogP contribution in [0.1, 0.15) is 24.3 Å². The molecule has 0 spiro atoms. The molecule has 3 heterocycles. The summed E-state index contributed by atoms with van der Waals surface area (Å²) in [4.78, 5) is 10.2. The van der Waals surface area contributed by atoms with E-state index in [1.54, 1.807) is 22.7 Å². The monoisotopic (exact) mass is 398 g/mol. The summed E-state index contributed by atoms with van der Waals surface area (Å²) in [6.45, 7) is 2.09. The lowest BCUT2D eigenvalue weighted by atomic mass is 10.2. The molecule has 0 aliphatic carbocycles. The van der Waals surface area contributed by atoms with Crippen molar-refractivity contribution in [3.8, 4) is 9.88 Å². The molecule has 8 heteroatoms. The number of hydrogen-bond donors (Lipinski definition) is 1. The molecule has 3 aromatic heterocycles. The molecule has 0 aliphatic rings. The quantitative estimate of drug-likeness (QED) is 0.684. The van der Waals surface area contributed by atoms with Gasteiger partial charge in [-0.3, -0.25) is 0 Å². The van der Waals surface area contributed by atoms with Gasteiger partial charge in [-0.25, -0.2) is 4.98 Å². The van der Waals surface area contributed by atoms with Gasteiger partial charge in [-0.1, -0.05) is 5.16 Å². The van der Waals surface area contributed by atoms with Gasteiger partial charge in [0.05, 0.1) is 17.0 Å². The van der Waals surface area contributed by atoms with Crippen LogP contribution in [0.3, 0.4) is 0 Å². The Hall–Kier alpha value is -1.09. The van der Waals surface area contributed by atoms with Gasteiger partial charge in [0.1, 0.15) is 5.01 Å². The molecule has 1 N–H and O–H groups in total. The summed E-state index contributed by atoms with van der Waals surface area (Å²) in [5.41, 5.74) is 0.960. The summed E-state index contributed by atoms with van der Waals surface area (Å²) < 4.78 is 6.39. The topological polar surface area (TPSA) is 63.8 Å². The number of rotatable bonds is 6. The van der Waals surface area contributed by atoms with Crippen molar-refractivity contribution in [2.24, 2.45) is 0 Å². The lowest BCUT2D eigenvalue weighted by molar-refractivity contribution is 0.376. The average molecular weight is 399 g/mol.